The summed E-state index contributed by atoms with van der Waals surface area (Å²) in [4.78, 5) is 13.0. The van der Waals surface area contributed by atoms with Crippen LogP contribution in [0.15, 0.2) is 11.6 Å². The molecular weight excluding hydrogens is 356 g/mol. The van der Waals surface area contributed by atoms with Crippen LogP contribution in [-0.4, -0.2) is 17.0 Å². The molecule has 8 atom stereocenters. The second kappa shape index (κ2) is 7.81. The summed E-state index contributed by atoms with van der Waals surface area (Å²) in [7, 11) is 0. The summed E-state index contributed by atoms with van der Waals surface area (Å²) in [5.41, 5.74) is 2.23. The molecule has 0 unspecified atom stereocenters. The largest absolute Gasteiger partial charge is 0.393 e. The van der Waals surface area contributed by atoms with Gasteiger partial charge in [0.2, 0.25) is 0 Å². The lowest BCUT2D eigenvalue weighted by Crippen LogP contribution is -2.51. The maximum Gasteiger partial charge on any atom is 0.136 e. The summed E-state index contributed by atoms with van der Waals surface area (Å²) in [5.74, 6) is 4.32. The van der Waals surface area contributed by atoms with Gasteiger partial charge in [-0.3, -0.25) is 4.79 Å². The minimum Gasteiger partial charge on any atom is -0.393 e. The van der Waals surface area contributed by atoms with Crippen molar-refractivity contribution in [2.24, 2.45) is 46.3 Å². The molecule has 2 heteroatoms. The van der Waals surface area contributed by atoms with Gasteiger partial charge in [0.25, 0.3) is 0 Å². The minimum absolute atomic E-state index is 0.117. The number of Topliss-reactive ketones (excluding diaryl/α,β-unsaturated/α-hetero) is 1. The lowest BCUT2D eigenvalue weighted by atomic mass is 9.47. The smallest absolute Gasteiger partial charge is 0.136 e. The summed E-state index contributed by atoms with van der Waals surface area (Å²) in [5, 5.41) is 10.2. The number of carbonyl (C=O) groups is 1. The summed E-state index contributed by atoms with van der Waals surface area (Å²) >= 11 is 0. The van der Waals surface area contributed by atoms with Gasteiger partial charge in [-0.2, -0.15) is 0 Å². The third-order valence-corrected chi connectivity index (χ3v) is 10.2. The van der Waals surface area contributed by atoms with Crippen LogP contribution >= 0.6 is 0 Å². The van der Waals surface area contributed by atoms with E-state index in [1.165, 1.54) is 32.1 Å². The van der Waals surface area contributed by atoms with Gasteiger partial charge in [0, 0.05) is 12.3 Å². The standard InChI is InChI=1S/C27H44O2/c1-17(2)6-11-25(29)18(3)22-9-10-23-21-8-7-19-16-20(28)12-14-26(19,4)24(21)13-15-27(22,23)5/h7,17-18,20-24,28H,6,8-16H2,1-5H3/t18-,20+,21+,22-,23+,24+,26+,27-/m1/s1. The third kappa shape index (κ3) is 3.56. The van der Waals surface area contributed by atoms with E-state index in [4.69, 9.17) is 0 Å². The Hall–Kier alpha value is -0.630. The fraction of sp³-hybridized carbons (Fsp3) is 0.889. The van der Waals surface area contributed by atoms with Crippen LogP contribution in [-0.2, 0) is 4.79 Å². The Morgan fingerprint density at radius 3 is 2.59 bits per heavy atom. The maximum absolute atomic E-state index is 13.0. The number of ketones is 1. The van der Waals surface area contributed by atoms with Crippen molar-refractivity contribution in [3.63, 3.8) is 0 Å². The van der Waals surface area contributed by atoms with Crippen LogP contribution in [0.25, 0.3) is 0 Å². The highest BCUT2D eigenvalue weighted by molar-refractivity contribution is 5.81. The fourth-order valence-corrected chi connectivity index (χ4v) is 8.39. The Balaban J connectivity index is 1.52. The number of aliphatic hydroxyl groups is 1. The summed E-state index contributed by atoms with van der Waals surface area (Å²) < 4.78 is 0. The topological polar surface area (TPSA) is 37.3 Å². The van der Waals surface area contributed by atoms with Gasteiger partial charge in [-0.1, -0.05) is 46.3 Å². The van der Waals surface area contributed by atoms with E-state index in [1.807, 2.05) is 0 Å². The van der Waals surface area contributed by atoms with Gasteiger partial charge in [0.1, 0.15) is 5.78 Å². The molecule has 0 aromatic heterocycles. The third-order valence-electron chi connectivity index (χ3n) is 10.2. The van der Waals surface area contributed by atoms with E-state index < -0.39 is 0 Å². The monoisotopic (exact) mass is 400 g/mol. The summed E-state index contributed by atoms with van der Waals surface area (Å²) in [6, 6.07) is 0. The Bertz CT molecular complexity index is 663. The number of allylic oxidation sites excluding steroid dienone is 1. The highest BCUT2D eigenvalue weighted by Gasteiger charge is 2.59. The van der Waals surface area contributed by atoms with Crippen molar-refractivity contribution in [3.05, 3.63) is 11.6 Å². The zero-order valence-electron chi connectivity index (χ0n) is 19.5. The van der Waals surface area contributed by atoms with Crippen molar-refractivity contribution < 1.29 is 9.90 Å². The molecule has 0 aromatic carbocycles. The molecule has 0 radical (unpaired) electrons. The Morgan fingerprint density at radius 1 is 1.10 bits per heavy atom. The van der Waals surface area contributed by atoms with Crippen molar-refractivity contribution >= 4 is 5.78 Å². The number of aliphatic hydroxyl groups excluding tert-OH is 1. The van der Waals surface area contributed by atoms with Gasteiger partial charge in [-0.15, -0.1) is 0 Å². The molecule has 0 saturated heterocycles. The van der Waals surface area contributed by atoms with Gasteiger partial charge >= 0.3 is 0 Å². The van der Waals surface area contributed by atoms with Gasteiger partial charge < -0.3 is 5.11 Å². The van der Waals surface area contributed by atoms with Crippen LogP contribution in [0.3, 0.4) is 0 Å². The molecule has 0 spiro atoms. The van der Waals surface area contributed by atoms with Crippen LogP contribution < -0.4 is 0 Å². The van der Waals surface area contributed by atoms with Crippen molar-refractivity contribution in [3.8, 4) is 0 Å². The van der Waals surface area contributed by atoms with E-state index in [9.17, 15) is 9.90 Å². The number of hydrogen-bond donors (Lipinski definition) is 1. The first kappa shape index (κ1) is 21.6. The minimum atomic E-state index is -0.117. The lowest BCUT2D eigenvalue weighted by molar-refractivity contribution is -0.127. The molecule has 3 saturated carbocycles. The predicted molar refractivity (Wildman–Crippen MR) is 119 cm³/mol. The van der Waals surface area contributed by atoms with Crippen LogP contribution in [0, 0.1) is 46.3 Å². The van der Waals surface area contributed by atoms with E-state index >= 15 is 0 Å². The van der Waals surface area contributed by atoms with Crippen molar-refractivity contribution in [1.29, 1.82) is 0 Å². The molecule has 29 heavy (non-hydrogen) atoms. The molecule has 1 N–H and O–H groups in total. The van der Waals surface area contributed by atoms with Crippen LogP contribution in [0.5, 0.6) is 0 Å². The molecule has 4 rings (SSSR count). The molecule has 3 fully saturated rings. The van der Waals surface area contributed by atoms with E-state index in [2.05, 4.69) is 40.7 Å². The Morgan fingerprint density at radius 2 is 1.86 bits per heavy atom. The van der Waals surface area contributed by atoms with Crippen LogP contribution in [0.2, 0.25) is 0 Å². The molecular formula is C27H44O2. The first-order valence-corrected chi connectivity index (χ1v) is 12.6. The average Bonchev–Trinajstić information content (AvgIpc) is 3.03. The molecule has 0 aliphatic heterocycles. The Labute approximate surface area is 178 Å². The first-order valence-electron chi connectivity index (χ1n) is 12.6. The highest BCUT2D eigenvalue weighted by Crippen LogP contribution is 2.67. The molecule has 0 bridgehead atoms. The number of rotatable bonds is 5. The lowest BCUT2D eigenvalue weighted by Gasteiger charge is -2.58. The van der Waals surface area contributed by atoms with Gasteiger partial charge in [0.15, 0.2) is 0 Å². The van der Waals surface area contributed by atoms with Crippen molar-refractivity contribution in [1.82, 2.24) is 0 Å². The molecule has 0 heterocycles. The maximum atomic E-state index is 13.0. The number of hydrogen-bond acceptors (Lipinski definition) is 2. The zero-order chi connectivity index (χ0) is 21.0. The van der Waals surface area contributed by atoms with Crippen molar-refractivity contribution in [2.75, 3.05) is 0 Å². The second-order valence-corrected chi connectivity index (χ2v) is 12.1. The van der Waals surface area contributed by atoms with Crippen molar-refractivity contribution in [2.45, 2.75) is 105 Å². The highest BCUT2D eigenvalue weighted by atomic mass is 16.3. The van der Waals surface area contributed by atoms with E-state index in [0.717, 1.165) is 49.9 Å². The number of fused-ring (bicyclic) bond motifs is 5. The average molecular weight is 401 g/mol. The Kier molecular flexibility index (Phi) is 5.82. The predicted octanol–water partition coefficient (Wildman–Crippen LogP) is 6.57. The SMILES string of the molecule is CC(C)CCC(=O)[C@H](C)[C@H]1CC[C@H]2[C@@H]3CC=C4C[C@@H](O)CC[C@]4(C)[C@H]3CC[C@]12C. The first-order chi connectivity index (χ1) is 13.7. The van der Waals surface area contributed by atoms with E-state index in [0.29, 0.717) is 28.4 Å². The summed E-state index contributed by atoms with van der Waals surface area (Å²) in [6.45, 7) is 11.7. The zero-order valence-corrected chi connectivity index (χ0v) is 19.5. The molecule has 0 amide bonds. The van der Waals surface area contributed by atoms with Crippen LogP contribution in [0.1, 0.15) is 98.8 Å². The van der Waals surface area contributed by atoms with E-state index in [-0.39, 0.29) is 12.0 Å². The number of carbonyl (C=O) groups excluding carboxylic acids is 1. The van der Waals surface area contributed by atoms with Gasteiger partial charge in [0.05, 0.1) is 6.10 Å². The normalized spacial score (nSPS) is 45.2. The summed E-state index contributed by atoms with van der Waals surface area (Å²) in [6.07, 6.45) is 13.7. The molecule has 4 aliphatic carbocycles. The van der Waals surface area contributed by atoms with Gasteiger partial charge in [-0.25, -0.2) is 0 Å². The second-order valence-electron chi connectivity index (χ2n) is 12.1. The molecule has 2 nitrogen and oxygen atoms in total. The molecule has 164 valence electrons. The molecule has 0 aromatic rings. The van der Waals surface area contributed by atoms with Crippen LogP contribution in [0.4, 0.5) is 0 Å². The van der Waals surface area contributed by atoms with Gasteiger partial charge in [-0.05, 0) is 98.2 Å². The van der Waals surface area contributed by atoms with E-state index in [1.54, 1.807) is 5.57 Å². The molecule has 4 aliphatic rings. The quantitative estimate of drug-likeness (QED) is 0.530. The fourth-order valence-electron chi connectivity index (χ4n) is 8.39.